The number of fused-ring (bicyclic) bond motifs is 1. The van der Waals surface area contributed by atoms with E-state index in [9.17, 15) is 5.26 Å². The van der Waals surface area contributed by atoms with E-state index in [0.29, 0.717) is 0 Å². The summed E-state index contributed by atoms with van der Waals surface area (Å²) in [5.74, 6) is 4.93. The van der Waals surface area contributed by atoms with Crippen molar-refractivity contribution in [2.45, 2.75) is 117 Å². The van der Waals surface area contributed by atoms with Crippen LogP contribution in [-0.4, -0.2) is 0 Å². The minimum atomic E-state index is 0.0316. The number of unbranched alkanes of at least 4 members (excludes halogenated alkanes) is 3. The lowest BCUT2D eigenvalue weighted by molar-refractivity contribution is 0.0401. The zero-order chi connectivity index (χ0) is 18.4. The van der Waals surface area contributed by atoms with Crippen molar-refractivity contribution in [1.29, 1.82) is 5.26 Å². The number of rotatable bonds is 7. The fourth-order valence-corrected chi connectivity index (χ4v) is 6.79. The molecule has 0 aliphatic heterocycles. The zero-order valence-corrected chi connectivity index (χ0v) is 17.6. The van der Waals surface area contributed by atoms with Crippen LogP contribution in [0.1, 0.15) is 117 Å². The average Bonchev–Trinajstić information content (AvgIpc) is 2.71. The van der Waals surface area contributed by atoms with Gasteiger partial charge in [-0.3, -0.25) is 0 Å². The van der Waals surface area contributed by atoms with Gasteiger partial charge in [0.1, 0.15) is 0 Å². The van der Waals surface area contributed by atoms with Crippen LogP contribution in [0.15, 0.2) is 0 Å². The van der Waals surface area contributed by atoms with Gasteiger partial charge in [0.05, 0.1) is 11.5 Å². The summed E-state index contributed by atoms with van der Waals surface area (Å²) in [4.78, 5) is 0. The first kappa shape index (κ1) is 20.2. The second-order valence-corrected chi connectivity index (χ2v) is 10.2. The van der Waals surface area contributed by atoms with Gasteiger partial charge in [-0.2, -0.15) is 5.26 Å². The average molecular weight is 358 g/mol. The Morgan fingerprint density at radius 3 is 2.19 bits per heavy atom. The molecular formula is C25H43N. The molecule has 0 saturated heterocycles. The third kappa shape index (κ3) is 4.85. The van der Waals surface area contributed by atoms with Crippen LogP contribution in [0.3, 0.4) is 0 Å². The van der Waals surface area contributed by atoms with Gasteiger partial charge in [-0.15, -0.1) is 0 Å². The molecule has 3 fully saturated rings. The normalized spacial score (nSPS) is 40.6. The lowest BCUT2D eigenvalue weighted by atomic mass is 9.57. The fourth-order valence-electron chi connectivity index (χ4n) is 6.79. The van der Waals surface area contributed by atoms with Crippen molar-refractivity contribution in [3.63, 3.8) is 0 Å². The quantitative estimate of drug-likeness (QED) is 0.425. The van der Waals surface area contributed by atoms with Gasteiger partial charge in [0.2, 0.25) is 0 Å². The minimum absolute atomic E-state index is 0.0316. The molecule has 0 spiro atoms. The van der Waals surface area contributed by atoms with E-state index in [1.165, 1.54) is 96.3 Å². The van der Waals surface area contributed by atoms with Crippen molar-refractivity contribution in [3.8, 4) is 6.07 Å². The lowest BCUT2D eigenvalue weighted by Gasteiger charge is -2.47. The van der Waals surface area contributed by atoms with E-state index < -0.39 is 0 Å². The monoisotopic (exact) mass is 357 g/mol. The van der Waals surface area contributed by atoms with Crippen molar-refractivity contribution < 1.29 is 0 Å². The molecule has 0 aromatic rings. The predicted molar refractivity (Wildman–Crippen MR) is 111 cm³/mol. The van der Waals surface area contributed by atoms with Gasteiger partial charge in [-0.05, 0) is 87.4 Å². The van der Waals surface area contributed by atoms with E-state index in [1.807, 2.05) is 0 Å². The van der Waals surface area contributed by atoms with Crippen LogP contribution in [0.2, 0.25) is 0 Å². The van der Waals surface area contributed by atoms with E-state index in [1.54, 1.807) is 0 Å². The van der Waals surface area contributed by atoms with E-state index in [4.69, 9.17) is 0 Å². The topological polar surface area (TPSA) is 23.8 Å². The van der Waals surface area contributed by atoms with Crippen LogP contribution in [0.25, 0.3) is 0 Å². The molecule has 3 aliphatic carbocycles. The highest BCUT2D eigenvalue weighted by molar-refractivity contribution is 5.04. The third-order valence-electron chi connectivity index (χ3n) is 8.76. The van der Waals surface area contributed by atoms with Crippen molar-refractivity contribution in [3.05, 3.63) is 0 Å². The Labute approximate surface area is 163 Å². The molecule has 26 heavy (non-hydrogen) atoms. The fraction of sp³-hybridized carbons (Fsp3) is 0.960. The van der Waals surface area contributed by atoms with Gasteiger partial charge in [0.25, 0.3) is 0 Å². The summed E-state index contributed by atoms with van der Waals surface area (Å²) in [5.41, 5.74) is 0.0316. The minimum Gasteiger partial charge on any atom is -0.198 e. The maximum absolute atomic E-state index is 9.65. The van der Waals surface area contributed by atoms with Crippen molar-refractivity contribution >= 4 is 0 Å². The van der Waals surface area contributed by atoms with Crippen molar-refractivity contribution in [2.75, 3.05) is 0 Å². The Hall–Kier alpha value is -0.510. The molecule has 3 aliphatic rings. The number of hydrogen-bond acceptors (Lipinski definition) is 1. The summed E-state index contributed by atoms with van der Waals surface area (Å²) in [6.07, 6.45) is 22.5. The molecule has 1 heteroatoms. The van der Waals surface area contributed by atoms with E-state index in [-0.39, 0.29) is 5.41 Å². The Bertz CT molecular complexity index is 455. The molecule has 0 radical (unpaired) electrons. The van der Waals surface area contributed by atoms with E-state index in [0.717, 1.165) is 36.0 Å². The Kier molecular flexibility index (Phi) is 7.48. The third-order valence-corrected chi connectivity index (χ3v) is 8.76. The van der Waals surface area contributed by atoms with E-state index >= 15 is 0 Å². The molecule has 0 N–H and O–H groups in total. The first-order valence-electron chi connectivity index (χ1n) is 12.1. The zero-order valence-electron chi connectivity index (χ0n) is 17.6. The molecule has 0 unspecified atom stereocenters. The lowest BCUT2D eigenvalue weighted by Crippen LogP contribution is -2.38. The summed E-state index contributed by atoms with van der Waals surface area (Å²) in [7, 11) is 0. The SMILES string of the molecule is CCCCCCC1CCC([C@H]2CC[C@@H]3C[C@](C#N)(CC)CC[C@@H]3C2)CC1. The number of hydrogen-bond donors (Lipinski definition) is 0. The highest BCUT2D eigenvalue weighted by atomic mass is 14.5. The van der Waals surface area contributed by atoms with E-state index in [2.05, 4.69) is 19.9 Å². The van der Waals surface area contributed by atoms with Crippen LogP contribution >= 0.6 is 0 Å². The first-order valence-corrected chi connectivity index (χ1v) is 12.1. The molecule has 3 saturated carbocycles. The van der Waals surface area contributed by atoms with Gasteiger partial charge >= 0.3 is 0 Å². The molecule has 0 aromatic heterocycles. The Balaban J connectivity index is 1.41. The summed E-state index contributed by atoms with van der Waals surface area (Å²) < 4.78 is 0. The molecule has 0 heterocycles. The highest BCUT2D eigenvalue weighted by Crippen LogP contribution is 2.53. The second kappa shape index (κ2) is 9.61. The number of nitriles is 1. The van der Waals surface area contributed by atoms with Crippen LogP contribution in [0, 0.1) is 46.3 Å². The van der Waals surface area contributed by atoms with Crippen molar-refractivity contribution in [1.82, 2.24) is 0 Å². The molecule has 148 valence electrons. The molecule has 0 amide bonds. The predicted octanol–water partition coefficient (Wildman–Crippen LogP) is 7.90. The first-order chi connectivity index (χ1) is 12.7. The van der Waals surface area contributed by atoms with Gasteiger partial charge in [0.15, 0.2) is 0 Å². The summed E-state index contributed by atoms with van der Waals surface area (Å²) >= 11 is 0. The maximum Gasteiger partial charge on any atom is 0.0689 e. The largest absolute Gasteiger partial charge is 0.198 e. The number of nitrogens with zero attached hydrogens (tertiary/aromatic N) is 1. The van der Waals surface area contributed by atoms with Gasteiger partial charge in [0, 0.05) is 0 Å². The summed E-state index contributed by atoms with van der Waals surface area (Å²) in [6.45, 7) is 4.55. The van der Waals surface area contributed by atoms with Crippen LogP contribution < -0.4 is 0 Å². The molecule has 0 aromatic carbocycles. The smallest absolute Gasteiger partial charge is 0.0689 e. The van der Waals surface area contributed by atoms with Crippen molar-refractivity contribution in [2.24, 2.45) is 35.0 Å². The van der Waals surface area contributed by atoms with Crippen LogP contribution in [0.4, 0.5) is 0 Å². The molecule has 4 atom stereocenters. The Morgan fingerprint density at radius 2 is 1.50 bits per heavy atom. The standard InChI is InChI=1S/C25H43N/c1-3-5-6-7-8-20-9-11-21(12-10-20)22-13-14-24-18-25(4-2,19-26)16-15-23(24)17-22/h20-24H,3-18H2,1-2H3/t20?,21?,22-,23+,24+,25-/m0/s1. The summed E-state index contributed by atoms with van der Waals surface area (Å²) in [6, 6.07) is 2.70. The summed E-state index contributed by atoms with van der Waals surface area (Å²) in [5, 5.41) is 9.65. The molecule has 1 nitrogen and oxygen atoms in total. The van der Waals surface area contributed by atoms with Crippen LogP contribution in [0.5, 0.6) is 0 Å². The second-order valence-electron chi connectivity index (χ2n) is 10.2. The van der Waals surface area contributed by atoms with Crippen LogP contribution in [-0.2, 0) is 0 Å². The maximum atomic E-state index is 9.65. The van der Waals surface area contributed by atoms with Gasteiger partial charge in [-0.1, -0.05) is 58.8 Å². The molecule has 0 bridgehead atoms. The van der Waals surface area contributed by atoms with Gasteiger partial charge < -0.3 is 0 Å². The molecular weight excluding hydrogens is 314 g/mol. The van der Waals surface area contributed by atoms with Gasteiger partial charge in [-0.25, -0.2) is 0 Å². The highest BCUT2D eigenvalue weighted by Gasteiger charge is 2.43. The Morgan fingerprint density at radius 1 is 0.808 bits per heavy atom. The molecule has 3 rings (SSSR count).